The number of aromatic nitrogens is 4. The smallest absolute Gasteiger partial charge is 0.246 e. The normalized spacial score (nSPS) is 20.5. The Kier molecular flexibility index (Phi) is 4.54. The first kappa shape index (κ1) is 16.2. The van der Waals surface area contributed by atoms with Gasteiger partial charge in [0.25, 0.3) is 0 Å². The molecule has 3 heterocycles. The summed E-state index contributed by atoms with van der Waals surface area (Å²) in [5, 5.41) is 8.32. The minimum Gasteiger partial charge on any atom is -0.275 e. The van der Waals surface area contributed by atoms with Crippen LogP contribution in [0.5, 0.6) is 0 Å². The molecule has 1 fully saturated rings. The van der Waals surface area contributed by atoms with E-state index in [9.17, 15) is 8.42 Å². The number of nitrogens with zero attached hydrogens (tertiary/aromatic N) is 5. The molecule has 0 aliphatic carbocycles. The van der Waals surface area contributed by atoms with E-state index in [2.05, 4.69) is 10.2 Å². The first-order valence-corrected chi connectivity index (χ1v) is 9.49. The highest BCUT2D eigenvalue weighted by Gasteiger charge is 2.34. The van der Waals surface area contributed by atoms with E-state index in [1.54, 1.807) is 26.1 Å². The van der Waals surface area contributed by atoms with Gasteiger partial charge >= 0.3 is 0 Å². The SMILES string of the molecule is CCn1cc(S(=O)(=O)N2CCCCCC2c2cnn(C)c2)cn1. The molecule has 0 spiro atoms. The number of aryl methyl sites for hydroxylation is 2. The maximum atomic E-state index is 13.1. The summed E-state index contributed by atoms with van der Waals surface area (Å²) < 4.78 is 31.2. The maximum absolute atomic E-state index is 13.1. The fraction of sp³-hybridized carbons (Fsp3) is 0.600. The summed E-state index contributed by atoms with van der Waals surface area (Å²) in [6, 6.07) is -0.152. The zero-order valence-electron chi connectivity index (χ0n) is 13.6. The van der Waals surface area contributed by atoms with Gasteiger partial charge in [0, 0.05) is 38.1 Å². The molecule has 0 aromatic carbocycles. The van der Waals surface area contributed by atoms with E-state index in [1.165, 1.54) is 6.20 Å². The van der Waals surface area contributed by atoms with E-state index in [4.69, 9.17) is 0 Å². The Morgan fingerprint density at radius 2 is 2.00 bits per heavy atom. The summed E-state index contributed by atoms with van der Waals surface area (Å²) in [6.45, 7) is 3.13. The van der Waals surface area contributed by atoms with Gasteiger partial charge in [0.1, 0.15) is 4.90 Å². The van der Waals surface area contributed by atoms with Gasteiger partial charge < -0.3 is 0 Å². The van der Waals surface area contributed by atoms with E-state index < -0.39 is 10.0 Å². The summed E-state index contributed by atoms with van der Waals surface area (Å²) in [6.07, 6.45) is 10.5. The molecule has 8 heteroatoms. The standard InChI is InChI=1S/C15H23N5O2S/c1-3-19-12-14(10-17-19)23(21,22)20-8-6-4-5-7-15(20)13-9-16-18(2)11-13/h9-12,15H,3-8H2,1-2H3. The molecule has 0 saturated carbocycles. The molecule has 2 aromatic heterocycles. The molecule has 23 heavy (non-hydrogen) atoms. The Hall–Kier alpha value is -1.67. The van der Waals surface area contributed by atoms with Crippen LogP contribution in [0.25, 0.3) is 0 Å². The molecule has 0 N–H and O–H groups in total. The lowest BCUT2D eigenvalue weighted by Crippen LogP contribution is -2.34. The van der Waals surface area contributed by atoms with Crippen molar-refractivity contribution in [2.75, 3.05) is 6.54 Å². The predicted octanol–water partition coefficient (Wildman–Crippen LogP) is 1.94. The van der Waals surface area contributed by atoms with Crippen molar-refractivity contribution in [3.8, 4) is 0 Å². The maximum Gasteiger partial charge on any atom is 0.246 e. The topological polar surface area (TPSA) is 73.0 Å². The van der Waals surface area contributed by atoms with Crippen molar-refractivity contribution in [2.45, 2.75) is 50.1 Å². The lowest BCUT2D eigenvalue weighted by atomic mass is 10.1. The molecule has 1 saturated heterocycles. The van der Waals surface area contributed by atoms with Crippen LogP contribution < -0.4 is 0 Å². The molecule has 3 rings (SSSR count). The van der Waals surface area contributed by atoms with Gasteiger partial charge in [-0.3, -0.25) is 9.36 Å². The van der Waals surface area contributed by atoms with Crippen molar-refractivity contribution in [1.82, 2.24) is 23.9 Å². The van der Waals surface area contributed by atoms with Gasteiger partial charge in [-0.15, -0.1) is 0 Å². The Morgan fingerprint density at radius 1 is 1.17 bits per heavy atom. The van der Waals surface area contributed by atoms with Crippen LogP contribution in [0.3, 0.4) is 0 Å². The van der Waals surface area contributed by atoms with Crippen molar-refractivity contribution >= 4 is 10.0 Å². The molecule has 126 valence electrons. The summed E-state index contributed by atoms with van der Waals surface area (Å²) in [7, 11) is -1.70. The number of hydrogen-bond donors (Lipinski definition) is 0. The fourth-order valence-corrected chi connectivity index (χ4v) is 4.74. The van der Waals surface area contributed by atoms with Gasteiger partial charge in [0.05, 0.1) is 18.4 Å². The van der Waals surface area contributed by atoms with E-state index in [0.717, 1.165) is 31.2 Å². The largest absolute Gasteiger partial charge is 0.275 e. The van der Waals surface area contributed by atoms with Crippen molar-refractivity contribution in [3.63, 3.8) is 0 Å². The van der Waals surface area contributed by atoms with Gasteiger partial charge in [0.15, 0.2) is 0 Å². The minimum atomic E-state index is -3.55. The van der Waals surface area contributed by atoms with E-state index in [1.807, 2.05) is 20.2 Å². The molecule has 1 unspecified atom stereocenters. The molecular weight excluding hydrogens is 314 g/mol. The predicted molar refractivity (Wildman–Crippen MR) is 86.2 cm³/mol. The lowest BCUT2D eigenvalue weighted by Gasteiger charge is -2.27. The summed E-state index contributed by atoms with van der Waals surface area (Å²) >= 11 is 0. The van der Waals surface area contributed by atoms with Crippen molar-refractivity contribution < 1.29 is 8.42 Å². The Bertz CT molecular complexity index is 764. The van der Waals surface area contributed by atoms with E-state index in [-0.39, 0.29) is 10.9 Å². The van der Waals surface area contributed by atoms with E-state index >= 15 is 0 Å². The number of hydrogen-bond acceptors (Lipinski definition) is 4. The third-order valence-corrected chi connectivity index (χ3v) is 6.21. The third-order valence-electron chi connectivity index (χ3n) is 4.35. The van der Waals surface area contributed by atoms with Gasteiger partial charge in [0.2, 0.25) is 10.0 Å². The first-order valence-electron chi connectivity index (χ1n) is 8.05. The van der Waals surface area contributed by atoms with Crippen LogP contribution in [0.15, 0.2) is 29.7 Å². The van der Waals surface area contributed by atoms with Crippen molar-refractivity contribution in [3.05, 3.63) is 30.4 Å². The van der Waals surface area contributed by atoms with Crippen LogP contribution in [0.4, 0.5) is 0 Å². The van der Waals surface area contributed by atoms with Crippen molar-refractivity contribution in [1.29, 1.82) is 0 Å². The Morgan fingerprint density at radius 3 is 2.65 bits per heavy atom. The highest BCUT2D eigenvalue weighted by atomic mass is 32.2. The Balaban J connectivity index is 1.98. The molecule has 1 atom stereocenters. The average molecular weight is 337 g/mol. The van der Waals surface area contributed by atoms with Crippen LogP contribution in [-0.2, 0) is 23.6 Å². The summed E-state index contributed by atoms with van der Waals surface area (Å²) in [5.41, 5.74) is 0.959. The second kappa shape index (κ2) is 6.45. The highest BCUT2D eigenvalue weighted by Crippen LogP contribution is 2.34. The molecule has 2 aromatic rings. The lowest BCUT2D eigenvalue weighted by molar-refractivity contribution is 0.329. The van der Waals surface area contributed by atoms with Crippen LogP contribution in [0, 0.1) is 0 Å². The van der Waals surface area contributed by atoms with Crippen LogP contribution in [0.2, 0.25) is 0 Å². The van der Waals surface area contributed by atoms with Crippen molar-refractivity contribution in [2.24, 2.45) is 7.05 Å². The highest BCUT2D eigenvalue weighted by molar-refractivity contribution is 7.89. The van der Waals surface area contributed by atoms with Crippen LogP contribution in [-0.4, -0.2) is 38.8 Å². The molecule has 7 nitrogen and oxygen atoms in total. The quantitative estimate of drug-likeness (QED) is 0.855. The summed E-state index contributed by atoms with van der Waals surface area (Å²) in [5.74, 6) is 0. The number of rotatable bonds is 4. The second-order valence-electron chi connectivity index (χ2n) is 5.96. The molecule has 1 aliphatic rings. The molecule has 0 radical (unpaired) electrons. The second-order valence-corrected chi connectivity index (χ2v) is 7.85. The molecule has 0 amide bonds. The molecular formula is C15H23N5O2S. The zero-order valence-corrected chi connectivity index (χ0v) is 14.4. The third kappa shape index (κ3) is 3.18. The zero-order chi connectivity index (χ0) is 16.4. The molecule has 1 aliphatic heterocycles. The van der Waals surface area contributed by atoms with Gasteiger partial charge in [-0.05, 0) is 19.8 Å². The summed E-state index contributed by atoms with van der Waals surface area (Å²) in [4.78, 5) is 0.273. The number of sulfonamides is 1. The van der Waals surface area contributed by atoms with Crippen LogP contribution >= 0.6 is 0 Å². The van der Waals surface area contributed by atoms with Crippen LogP contribution in [0.1, 0.15) is 44.2 Å². The first-order chi connectivity index (χ1) is 11.0. The monoisotopic (exact) mass is 337 g/mol. The van der Waals surface area contributed by atoms with Gasteiger partial charge in [-0.25, -0.2) is 8.42 Å². The van der Waals surface area contributed by atoms with Gasteiger partial charge in [-0.2, -0.15) is 14.5 Å². The van der Waals surface area contributed by atoms with E-state index in [0.29, 0.717) is 13.1 Å². The van der Waals surface area contributed by atoms with Gasteiger partial charge in [-0.1, -0.05) is 12.8 Å². The minimum absolute atomic E-state index is 0.152. The molecule has 0 bridgehead atoms. The fourth-order valence-electron chi connectivity index (χ4n) is 3.10. The average Bonchev–Trinajstić information content (AvgIpc) is 3.10. The Labute approximate surface area is 137 Å².